The number of benzene rings is 1. The molecule has 5 nitrogen and oxygen atoms in total. The van der Waals surface area contributed by atoms with E-state index in [0.717, 1.165) is 22.2 Å². The van der Waals surface area contributed by atoms with Crippen LogP contribution in [0.4, 0.5) is 10.1 Å². The zero-order chi connectivity index (χ0) is 17.4. The number of aromatic nitrogens is 2. The summed E-state index contributed by atoms with van der Waals surface area (Å²) in [5.41, 5.74) is 2.96. The van der Waals surface area contributed by atoms with Crippen molar-refractivity contribution in [1.29, 1.82) is 0 Å². The lowest BCUT2D eigenvalue weighted by atomic mass is 10.2. The third-order valence-corrected chi connectivity index (χ3v) is 3.94. The van der Waals surface area contributed by atoms with Crippen molar-refractivity contribution in [3.05, 3.63) is 77.4 Å². The highest BCUT2D eigenvalue weighted by atomic mass is 19.1. The van der Waals surface area contributed by atoms with Crippen molar-refractivity contribution < 1.29 is 13.9 Å². The molecule has 0 unspecified atom stereocenters. The first-order valence-corrected chi connectivity index (χ1v) is 7.71. The molecule has 0 atom stereocenters. The first-order valence-electron chi connectivity index (χ1n) is 7.71. The summed E-state index contributed by atoms with van der Waals surface area (Å²) in [6.45, 7) is 1.78. The Morgan fingerprint density at radius 1 is 1.32 bits per heavy atom. The Morgan fingerprint density at radius 2 is 2.20 bits per heavy atom. The maximum atomic E-state index is 13.2. The van der Waals surface area contributed by atoms with Crippen molar-refractivity contribution in [2.75, 3.05) is 5.32 Å². The van der Waals surface area contributed by atoms with Gasteiger partial charge in [-0.1, -0.05) is 0 Å². The number of allylic oxidation sites excluding steroid dienone is 1. The molecule has 6 heteroatoms. The second-order valence-corrected chi connectivity index (χ2v) is 5.71. The zero-order valence-corrected chi connectivity index (χ0v) is 13.3. The van der Waals surface area contributed by atoms with Crippen LogP contribution in [0.25, 0.3) is 17.1 Å². The molecular weight excluding hydrogens is 321 g/mol. The topological polar surface area (TPSA) is 67.0 Å². The molecule has 1 aromatic carbocycles. The number of ether oxygens (including phenoxy) is 1. The van der Waals surface area contributed by atoms with Crippen LogP contribution in [-0.2, 0) is 9.53 Å². The summed E-state index contributed by atoms with van der Waals surface area (Å²) in [5.74, 6) is -0.0228. The van der Waals surface area contributed by atoms with E-state index in [1.807, 2.05) is 12.1 Å². The highest BCUT2D eigenvalue weighted by Crippen LogP contribution is 2.26. The molecule has 0 spiro atoms. The molecule has 2 N–H and O–H groups in total. The Morgan fingerprint density at radius 3 is 3.04 bits per heavy atom. The highest BCUT2D eigenvalue weighted by Gasteiger charge is 2.22. The van der Waals surface area contributed by atoms with Gasteiger partial charge in [-0.25, -0.2) is 9.37 Å². The van der Waals surface area contributed by atoms with Gasteiger partial charge in [0.25, 0.3) is 0 Å². The lowest BCUT2D eigenvalue weighted by molar-refractivity contribution is -0.112. The fraction of sp³-hybridized carbons (Fsp3) is 0.0526. The number of nitrogens with zero attached hydrogens (tertiary/aromatic N) is 1. The van der Waals surface area contributed by atoms with Crippen LogP contribution in [0.2, 0.25) is 0 Å². The third-order valence-electron chi connectivity index (χ3n) is 3.94. The van der Waals surface area contributed by atoms with Gasteiger partial charge in [-0.2, -0.15) is 0 Å². The second-order valence-electron chi connectivity index (χ2n) is 5.71. The van der Waals surface area contributed by atoms with Crippen molar-refractivity contribution in [2.24, 2.45) is 0 Å². The predicted octanol–water partition coefficient (Wildman–Crippen LogP) is 3.90. The highest BCUT2D eigenvalue weighted by molar-refractivity contribution is 6.09. The Hall–Kier alpha value is -3.41. The smallest absolute Gasteiger partial charge is 0.226 e. The molecule has 1 aliphatic heterocycles. The first kappa shape index (κ1) is 15.1. The van der Waals surface area contributed by atoms with E-state index in [4.69, 9.17) is 4.74 Å². The van der Waals surface area contributed by atoms with E-state index in [1.165, 1.54) is 18.2 Å². The van der Waals surface area contributed by atoms with Crippen LogP contribution in [0.15, 0.2) is 60.4 Å². The van der Waals surface area contributed by atoms with Crippen LogP contribution in [0.5, 0.6) is 0 Å². The van der Waals surface area contributed by atoms with Gasteiger partial charge in [-0.05, 0) is 48.9 Å². The molecule has 0 amide bonds. The number of rotatable bonds is 3. The van der Waals surface area contributed by atoms with Crippen molar-refractivity contribution in [1.82, 2.24) is 9.97 Å². The minimum absolute atomic E-state index is 0.215. The normalized spacial score (nSPS) is 15.5. The number of fused-ring (bicyclic) bond motifs is 1. The monoisotopic (exact) mass is 335 g/mol. The average molecular weight is 335 g/mol. The largest absolute Gasteiger partial charge is 0.437 e. The third kappa shape index (κ3) is 2.89. The van der Waals surface area contributed by atoms with Gasteiger partial charge in [0.15, 0.2) is 5.76 Å². The van der Waals surface area contributed by atoms with Crippen LogP contribution < -0.4 is 5.32 Å². The number of anilines is 1. The summed E-state index contributed by atoms with van der Waals surface area (Å²) in [5, 5.41) is 3.91. The maximum absolute atomic E-state index is 13.2. The van der Waals surface area contributed by atoms with Crippen molar-refractivity contribution in [2.45, 2.75) is 6.92 Å². The van der Waals surface area contributed by atoms with E-state index in [-0.39, 0.29) is 17.4 Å². The van der Waals surface area contributed by atoms with Crippen LogP contribution in [0.3, 0.4) is 0 Å². The number of hydrogen-bond donors (Lipinski definition) is 2. The summed E-state index contributed by atoms with van der Waals surface area (Å²) in [6.07, 6.45) is 6.52. The number of hydrogen-bond acceptors (Lipinski definition) is 4. The van der Waals surface area contributed by atoms with Gasteiger partial charge < -0.3 is 15.0 Å². The molecule has 25 heavy (non-hydrogen) atoms. The summed E-state index contributed by atoms with van der Waals surface area (Å²) in [4.78, 5) is 19.4. The maximum Gasteiger partial charge on any atom is 0.226 e. The Balaban J connectivity index is 1.58. The zero-order valence-electron chi connectivity index (χ0n) is 13.3. The number of H-pyrrole nitrogens is 1. The number of ketones is 1. The van der Waals surface area contributed by atoms with E-state index in [2.05, 4.69) is 15.3 Å². The van der Waals surface area contributed by atoms with Crippen molar-refractivity contribution in [3.63, 3.8) is 0 Å². The molecule has 0 saturated carbocycles. The summed E-state index contributed by atoms with van der Waals surface area (Å²) >= 11 is 0. The van der Waals surface area contributed by atoms with Crippen LogP contribution in [-0.4, -0.2) is 15.8 Å². The standard InChI is InChI=1S/C19H14FN3O2/c1-11-7-13(20)4-5-15(11)23-18-9-16(24)17(25-18)8-12-10-22-19-14(12)3-2-6-21-19/h2-10,23H,1H3,(H,21,22)/b17-8+. The van der Waals surface area contributed by atoms with Crippen LogP contribution in [0, 0.1) is 12.7 Å². The molecule has 0 bridgehead atoms. The predicted molar refractivity (Wildman–Crippen MR) is 93.0 cm³/mol. The number of aromatic amines is 1. The molecule has 0 aliphatic carbocycles. The molecule has 4 rings (SSSR count). The van der Waals surface area contributed by atoms with Gasteiger partial charge in [0.2, 0.25) is 11.7 Å². The summed E-state index contributed by atoms with van der Waals surface area (Å²) < 4.78 is 18.8. The molecule has 0 radical (unpaired) electrons. The number of carbonyl (C=O) groups excluding carboxylic acids is 1. The molecular formula is C19H14FN3O2. The number of aryl methyl sites for hydroxylation is 1. The minimum atomic E-state index is -0.311. The average Bonchev–Trinajstić information content (AvgIpc) is 3.15. The van der Waals surface area contributed by atoms with Gasteiger partial charge in [0, 0.05) is 29.0 Å². The summed E-state index contributed by atoms with van der Waals surface area (Å²) in [6, 6.07) is 8.11. The van der Waals surface area contributed by atoms with E-state index in [9.17, 15) is 9.18 Å². The minimum Gasteiger partial charge on any atom is -0.437 e. The van der Waals surface area contributed by atoms with Gasteiger partial charge in [-0.3, -0.25) is 4.79 Å². The number of carbonyl (C=O) groups is 1. The molecule has 3 heterocycles. The van der Waals surface area contributed by atoms with E-state index >= 15 is 0 Å². The van der Waals surface area contributed by atoms with E-state index in [1.54, 1.807) is 31.5 Å². The molecule has 0 saturated heterocycles. The fourth-order valence-electron chi connectivity index (χ4n) is 2.69. The molecule has 1 aliphatic rings. The first-order chi connectivity index (χ1) is 12.1. The number of pyridine rings is 1. The lowest BCUT2D eigenvalue weighted by Gasteiger charge is -2.10. The SMILES string of the molecule is Cc1cc(F)ccc1NC1=CC(=O)/C(=C\c2c[nH]c3ncccc23)O1. The molecule has 2 aromatic heterocycles. The molecule has 3 aromatic rings. The van der Waals surface area contributed by atoms with Crippen molar-refractivity contribution >= 4 is 28.6 Å². The van der Waals surface area contributed by atoms with Gasteiger partial charge >= 0.3 is 0 Å². The van der Waals surface area contributed by atoms with Gasteiger partial charge in [0.05, 0.1) is 6.08 Å². The Labute approximate surface area is 142 Å². The Bertz CT molecular complexity index is 1050. The van der Waals surface area contributed by atoms with Gasteiger partial charge in [0.1, 0.15) is 11.5 Å². The Kier molecular flexibility index (Phi) is 3.57. The lowest BCUT2D eigenvalue weighted by Crippen LogP contribution is -2.01. The fourth-order valence-corrected chi connectivity index (χ4v) is 2.69. The van der Waals surface area contributed by atoms with E-state index < -0.39 is 0 Å². The molecule has 124 valence electrons. The van der Waals surface area contributed by atoms with Crippen molar-refractivity contribution in [3.8, 4) is 0 Å². The number of nitrogens with one attached hydrogen (secondary N) is 2. The number of halogens is 1. The quantitative estimate of drug-likeness (QED) is 0.712. The second kappa shape index (κ2) is 5.90. The van der Waals surface area contributed by atoms with Crippen LogP contribution in [0.1, 0.15) is 11.1 Å². The summed E-state index contributed by atoms with van der Waals surface area (Å²) in [7, 11) is 0. The van der Waals surface area contributed by atoms with Crippen LogP contribution >= 0.6 is 0 Å². The van der Waals surface area contributed by atoms with E-state index in [0.29, 0.717) is 11.6 Å². The van der Waals surface area contributed by atoms with Gasteiger partial charge in [-0.15, -0.1) is 0 Å². The molecule has 0 fully saturated rings.